The van der Waals surface area contributed by atoms with Crippen molar-refractivity contribution in [2.75, 3.05) is 26.2 Å². The van der Waals surface area contributed by atoms with Gasteiger partial charge >= 0.3 is 12.2 Å². The van der Waals surface area contributed by atoms with Crippen LogP contribution in [0.5, 0.6) is 0 Å². The number of amides is 2. The van der Waals surface area contributed by atoms with Crippen molar-refractivity contribution in [1.29, 1.82) is 0 Å². The average molecular weight is 288 g/mol. The van der Waals surface area contributed by atoms with Crippen molar-refractivity contribution in [1.82, 2.24) is 10.6 Å². The fourth-order valence-corrected chi connectivity index (χ4v) is 1.69. The van der Waals surface area contributed by atoms with Gasteiger partial charge in [-0.25, -0.2) is 9.59 Å². The van der Waals surface area contributed by atoms with Crippen LogP contribution in [0.3, 0.4) is 0 Å². The zero-order valence-corrected chi connectivity index (χ0v) is 11.7. The molecule has 0 aliphatic carbocycles. The Bertz CT molecular complexity index is 238. The molecular formula is C12H24N4O4. The van der Waals surface area contributed by atoms with Crippen molar-refractivity contribution < 1.29 is 19.8 Å². The fourth-order valence-electron chi connectivity index (χ4n) is 1.69. The Morgan fingerprint density at radius 3 is 1.05 bits per heavy atom. The number of carbonyl (C=O) groups is 2. The molecule has 4 N–H and O–H groups in total. The Kier molecular flexibility index (Phi) is 12.8. The summed E-state index contributed by atoms with van der Waals surface area (Å²) in [4.78, 5) is 18.8. The molecule has 2 saturated heterocycles. The summed E-state index contributed by atoms with van der Waals surface area (Å²) in [5, 5.41) is 26.4. The van der Waals surface area contributed by atoms with Gasteiger partial charge in [0.05, 0.1) is 0 Å². The van der Waals surface area contributed by atoms with E-state index in [9.17, 15) is 9.59 Å². The summed E-state index contributed by atoms with van der Waals surface area (Å²) < 4.78 is 0. The normalized spacial score (nSPS) is 18.2. The van der Waals surface area contributed by atoms with Crippen molar-refractivity contribution in [3.63, 3.8) is 0 Å². The van der Waals surface area contributed by atoms with E-state index < -0.39 is 12.2 Å². The summed E-state index contributed by atoms with van der Waals surface area (Å²) in [5.74, 6) is 0. The van der Waals surface area contributed by atoms with Gasteiger partial charge in [-0.3, -0.25) is 0 Å². The third-order valence-corrected chi connectivity index (χ3v) is 2.64. The molecule has 0 unspecified atom stereocenters. The van der Waals surface area contributed by atoms with E-state index in [1.807, 2.05) is 0 Å². The Labute approximate surface area is 118 Å². The van der Waals surface area contributed by atoms with Crippen molar-refractivity contribution in [3.8, 4) is 0 Å². The van der Waals surface area contributed by atoms with E-state index in [0.29, 0.717) is 0 Å². The molecule has 0 atom stereocenters. The molecule has 8 nitrogen and oxygen atoms in total. The lowest BCUT2D eigenvalue weighted by molar-refractivity contribution is 0.194. The summed E-state index contributed by atoms with van der Waals surface area (Å²) in [7, 11) is 0. The van der Waals surface area contributed by atoms with Gasteiger partial charge in [0, 0.05) is 0 Å². The first-order chi connectivity index (χ1) is 9.63. The van der Waals surface area contributed by atoms with Crippen LogP contribution in [0.15, 0.2) is 10.2 Å². The van der Waals surface area contributed by atoms with E-state index in [-0.39, 0.29) is 0 Å². The van der Waals surface area contributed by atoms with Crippen LogP contribution >= 0.6 is 0 Å². The maximum absolute atomic E-state index is 9.38. The van der Waals surface area contributed by atoms with Crippen LogP contribution in [0.25, 0.3) is 0 Å². The predicted molar refractivity (Wildman–Crippen MR) is 74.3 cm³/mol. The van der Waals surface area contributed by atoms with Crippen LogP contribution in [0, 0.1) is 0 Å². The van der Waals surface area contributed by atoms with Crippen LogP contribution in [0.4, 0.5) is 9.59 Å². The van der Waals surface area contributed by atoms with Crippen molar-refractivity contribution in [2.45, 2.75) is 38.5 Å². The Balaban J connectivity index is 0.000000274. The lowest BCUT2D eigenvalue weighted by Gasteiger charge is -2.08. The number of nitrogens with one attached hydrogen (secondary N) is 2. The molecule has 20 heavy (non-hydrogen) atoms. The quantitative estimate of drug-likeness (QED) is 0.507. The fraction of sp³-hybridized carbons (Fsp3) is 0.833. The first-order valence-electron chi connectivity index (χ1n) is 6.92. The summed E-state index contributed by atoms with van der Waals surface area (Å²) in [6, 6.07) is 0. The number of nitrogens with zero attached hydrogens (tertiary/aromatic N) is 2. The Morgan fingerprint density at radius 2 is 0.950 bits per heavy atom. The van der Waals surface area contributed by atoms with E-state index in [0.717, 1.165) is 0 Å². The molecule has 8 heteroatoms. The summed E-state index contributed by atoms with van der Waals surface area (Å²) in [5.41, 5.74) is 0. The molecule has 0 aromatic rings. The molecule has 116 valence electrons. The highest BCUT2D eigenvalue weighted by Gasteiger charge is 1.94. The van der Waals surface area contributed by atoms with Crippen LogP contribution in [-0.2, 0) is 0 Å². The van der Waals surface area contributed by atoms with Gasteiger partial charge in [-0.05, 0) is 51.9 Å². The zero-order valence-electron chi connectivity index (χ0n) is 11.7. The van der Waals surface area contributed by atoms with Gasteiger partial charge in [-0.2, -0.15) is 0 Å². The van der Waals surface area contributed by atoms with E-state index in [1.165, 1.54) is 64.7 Å². The van der Waals surface area contributed by atoms with Gasteiger partial charge in [0.15, 0.2) is 0 Å². The lowest BCUT2D eigenvalue weighted by Crippen LogP contribution is -2.21. The number of piperidine rings is 2. The first-order valence-corrected chi connectivity index (χ1v) is 6.92. The summed E-state index contributed by atoms with van der Waals surface area (Å²) in [6.45, 7) is 5.00. The molecular weight excluding hydrogens is 264 g/mol. The molecule has 2 rings (SSSR count). The zero-order chi connectivity index (χ0) is 15.1. The van der Waals surface area contributed by atoms with E-state index >= 15 is 0 Å². The second kappa shape index (κ2) is 13.9. The number of hydrogen-bond donors (Lipinski definition) is 4. The third kappa shape index (κ3) is 16.5. The maximum Gasteiger partial charge on any atom is 0.450 e. The molecule has 2 heterocycles. The van der Waals surface area contributed by atoms with Gasteiger partial charge in [-0.15, -0.1) is 0 Å². The van der Waals surface area contributed by atoms with Crippen LogP contribution in [0.1, 0.15) is 38.5 Å². The summed E-state index contributed by atoms with van der Waals surface area (Å²) >= 11 is 0. The van der Waals surface area contributed by atoms with E-state index in [4.69, 9.17) is 10.2 Å². The topological polar surface area (TPSA) is 123 Å². The maximum atomic E-state index is 9.38. The number of rotatable bonds is 0. The van der Waals surface area contributed by atoms with Crippen LogP contribution < -0.4 is 10.6 Å². The highest BCUT2D eigenvalue weighted by atomic mass is 16.4. The SMILES string of the molecule is C1CCNCC1.C1CCNCC1.O=C(O)N=NC(=O)O. The predicted octanol–water partition coefficient (Wildman–Crippen LogP) is 2.31. The molecule has 2 aliphatic rings. The highest BCUT2D eigenvalue weighted by molar-refractivity contribution is 5.70. The molecule has 2 amide bonds. The smallest absolute Gasteiger partial charge is 0.450 e. The van der Waals surface area contributed by atoms with Gasteiger partial charge in [0.25, 0.3) is 0 Å². The molecule has 0 saturated carbocycles. The minimum atomic E-state index is -1.62. The van der Waals surface area contributed by atoms with Gasteiger partial charge in [0.1, 0.15) is 0 Å². The second-order valence-electron chi connectivity index (χ2n) is 4.39. The average Bonchev–Trinajstić information content (AvgIpc) is 2.50. The van der Waals surface area contributed by atoms with Gasteiger partial charge in [-0.1, -0.05) is 23.1 Å². The number of azo groups is 1. The Morgan fingerprint density at radius 1 is 0.650 bits per heavy atom. The monoisotopic (exact) mass is 288 g/mol. The number of hydrogen-bond acceptors (Lipinski definition) is 4. The van der Waals surface area contributed by atoms with Crippen molar-refractivity contribution in [2.24, 2.45) is 10.2 Å². The number of carboxylic acid groups (broad SMARTS) is 2. The van der Waals surface area contributed by atoms with Crippen molar-refractivity contribution >= 4 is 12.2 Å². The molecule has 0 aromatic carbocycles. The lowest BCUT2D eigenvalue weighted by atomic mass is 10.2. The van der Waals surface area contributed by atoms with Crippen molar-refractivity contribution in [3.05, 3.63) is 0 Å². The Hall–Kier alpha value is -1.54. The molecule has 0 aromatic heterocycles. The van der Waals surface area contributed by atoms with Gasteiger partial charge in [0.2, 0.25) is 0 Å². The molecule has 2 aliphatic heterocycles. The minimum absolute atomic E-state index is 1.25. The molecule has 0 radical (unpaired) electrons. The largest absolute Gasteiger partial charge is 0.462 e. The van der Waals surface area contributed by atoms with Crippen LogP contribution in [0.2, 0.25) is 0 Å². The standard InChI is InChI=1S/2C5H11N.C2H2N2O4/c2*1-2-4-6-5-3-1;5-1(6)3-4-2(7)8/h2*6H,1-5H2;(H,5,6)(H,7,8). The van der Waals surface area contributed by atoms with Crippen LogP contribution in [-0.4, -0.2) is 48.6 Å². The first kappa shape index (κ1) is 18.5. The minimum Gasteiger partial charge on any atom is -0.462 e. The van der Waals surface area contributed by atoms with Gasteiger partial charge < -0.3 is 20.8 Å². The highest BCUT2D eigenvalue weighted by Crippen LogP contribution is 1.97. The van der Waals surface area contributed by atoms with E-state index in [2.05, 4.69) is 20.9 Å². The summed E-state index contributed by atoms with van der Waals surface area (Å²) in [6.07, 6.45) is 5.19. The molecule has 2 fully saturated rings. The second-order valence-corrected chi connectivity index (χ2v) is 4.39. The molecule has 0 spiro atoms. The third-order valence-electron chi connectivity index (χ3n) is 2.64. The molecule has 0 bridgehead atoms. The van der Waals surface area contributed by atoms with E-state index in [1.54, 1.807) is 0 Å².